The second-order valence-corrected chi connectivity index (χ2v) is 15.7. The van der Waals surface area contributed by atoms with Gasteiger partial charge in [0.25, 0.3) is 0 Å². The van der Waals surface area contributed by atoms with Crippen LogP contribution in [0.15, 0.2) is 24.3 Å². The quantitative estimate of drug-likeness (QED) is 0.128. The maximum atomic E-state index is 12.5. The lowest BCUT2D eigenvalue weighted by Gasteiger charge is -2.38. The van der Waals surface area contributed by atoms with Crippen LogP contribution < -0.4 is 0 Å². The third-order valence-corrected chi connectivity index (χ3v) is 11.6. The van der Waals surface area contributed by atoms with Crippen molar-refractivity contribution in [3.05, 3.63) is 24.3 Å². The number of aliphatic hydroxyl groups is 1. The number of hydrogen-bond acceptors (Lipinski definition) is 5. The van der Waals surface area contributed by atoms with Crippen molar-refractivity contribution in [1.82, 2.24) is 0 Å². The summed E-state index contributed by atoms with van der Waals surface area (Å²) in [6.45, 7) is 13.5. The summed E-state index contributed by atoms with van der Waals surface area (Å²) < 4.78 is 11.4. The summed E-state index contributed by atoms with van der Waals surface area (Å²) in [7, 11) is -0.519. The van der Waals surface area contributed by atoms with E-state index in [0.29, 0.717) is 12.8 Å². The van der Waals surface area contributed by atoms with Crippen molar-refractivity contribution in [3.8, 4) is 0 Å². The fourth-order valence-electron chi connectivity index (χ4n) is 3.94. The van der Waals surface area contributed by atoms with E-state index in [-0.39, 0.29) is 28.8 Å². The predicted molar refractivity (Wildman–Crippen MR) is 138 cm³/mol. The first-order chi connectivity index (χ1) is 15.4. The lowest BCUT2D eigenvalue weighted by atomic mass is 9.86. The molecule has 33 heavy (non-hydrogen) atoms. The van der Waals surface area contributed by atoms with Crippen LogP contribution in [0.4, 0.5) is 0 Å². The Balaban J connectivity index is 2.75. The molecule has 0 radical (unpaired) electrons. The lowest BCUT2D eigenvalue weighted by molar-refractivity contribution is -0.140. The molecule has 1 rings (SSSR count). The summed E-state index contributed by atoms with van der Waals surface area (Å²) >= 11 is 0. The van der Waals surface area contributed by atoms with Gasteiger partial charge in [-0.25, -0.2) is 0 Å². The molecule has 0 amide bonds. The van der Waals surface area contributed by atoms with Crippen LogP contribution in [0, 0.1) is 11.8 Å². The number of methoxy groups -OCH3 is 1. The third kappa shape index (κ3) is 10.3. The van der Waals surface area contributed by atoms with Gasteiger partial charge in [-0.2, -0.15) is 0 Å². The lowest BCUT2D eigenvalue weighted by Crippen LogP contribution is -2.43. The van der Waals surface area contributed by atoms with Crippen molar-refractivity contribution >= 4 is 20.1 Å². The van der Waals surface area contributed by atoms with E-state index in [1.165, 1.54) is 20.0 Å². The monoisotopic (exact) mass is 480 g/mol. The Bertz CT molecular complexity index is 662. The molecule has 0 bridgehead atoms. The molecule has 0 saturated heterocycles. The third-order valence-electron chi connectivity index (χ3n) is 7.14. The molecule has 1 N–H and O–H groups in total. The fourth-order valence-corrected chi connectivity index (χ4v) is 5.24. The van der Waals surface area contributed by atoms with Gasteiger partial charge in [0.2, 0.25) is 0 Å². The summed E-state index contributed by atoms with van der Waals surface area (Å²) in [6, 6.07) is 0. The Labute approximate surface area is 203 Å². The maximum Gasteiger partial charge on any atom is 0.305 e. The highest BCUT2D eigenvalue weighted by Gasteiger charge is 2.39. The van der Waals surface area contributed by atoms with E-state index >= 15 is 0 Å². The number of aliphatic hydroxyl groups excluding tert-OH is 1. The zero-order valence-corrected chi connectivity index (χ0v) is 23.1. The van der Waals surface area contributed by atoms with Crippen molar-refractivity contribution in [1.29, 1.82) is 0 Å². The van der Waals surface area contributed by atoms with Crippen molar-refractivity contribution in [2.24, 2.45) is 11.8 Å². The average Bonchev–Trinajstić information content (AvgIpc) is 3.10. The van der Waals surface area contributed by atoms with E-state index < -0.39 is 20.3 Å². The van der Waals surface area contributed by atoms with E-state index in [4.69, 9.17) is 4.43 Å². The molecule has 1 aliphatic rings. The van der Waals surface area contributed by atoms with Gasteiger partial charge in [-0.3, -0.25) is 9.59 Å². The summed E-state index contributed by atoms with van der Waals surface area (Å²) in [6.07, 6.45) is 14.9. The minimum Gasteiger partial charge on any atom is -0.469 e. The van der Waals surface area contributed by atoms with E-state index in [2.05, 4.69) is 57.7 Å². The maximum absolute atomic E-state index is 12.5. The molecule has 4 atom stereocenters. The Kier molecular flexibility index (Phi) is 12.8. The molecule has 190 valence electrons. The van der Waals surface area contributed by atoms with Gasteiger partial charge in [0.1, 0.15) is 0 Å². The molecule has 1 aliphatic carbocycles. The first kappa shape index (κ1) is 29.8. The molecule has 0 saturated carbocycles. The van der Waals surface area contributed by atoms with Gasteiger partial charge < -0.3 is 14.3 Å². The number of hydrogen-bond donors (Lipinski definition) is 1. The number of carbonyl (C=O) groups excluding carboxylic acids is 2. The Morgan fingerprint density at radius 3 is 2.42 bits per heavy atom. The van der Waals surface area contributed by atoms with Crippen molar-refractivity contribution < 1.29 is 23.9 Å². The highest BCUT2D eigenvalue weighted by atomic mass is 28.4. The molecule has 5 nitrogen and oxygen atoms in total. The number of allylic oxidation sites excluding steroid dienone is 3. The van der Waals surface area contributed by atoms with Crippen LogP contribution >= 0.6 is 0 Å². The molecule has 0 aromatic carbocycles. The number of ketones is 1. The summed E-state index contributed by atoms with van der Waals surface area (Å²) in [5.74, 6) is -0.728. The normalized spacial score (nSPS) is 21.0. The molecule has 0 fully saturated rings. The topological polar surface area (TPSA) is 72.8 Å². The summed E-state index contributed by atoms with van der Waals surface area (Å²) in [5, 5.41) is 10.9. The smallest absolute Gasteiger partial charge is 0.305 e. The van der Waals surface area contributed by atoms with Crippen molar-refractivity contribution in [3.63, 3.8) is 0 Å². The van der Waals surface area contributed by atoms with Gasteiger partial charge in [-0.05, 0) is 43.5 Å². The Hall–Kier alpha value is -1.24. The number of unbranched alkanes of at least 4 members (excludes halogenated alkanes) is 4. The Morgan fingerprint density at radius 2 is 1.82 bits per heavy atom. The number of carbonyl (C=O) groups is 2. The van der Waals surface area contributed by atoms with Crippen molar-refractivity contribution in [2.45, 2.75) is 116 Å². The molecular weight excluding hydrogens is 432 g/mol. The van der Waals surface area contributed by atoms with Gasteiger partial charge in [0.05, 0.1) is 25.2 Å². The summed E-state index contributed by atoms with van der Waals surface area (Å²) in [4.78, 5) is 23.7. The Morgan fingerprint density at radius 1 is 1.15 bits per heavy atom. The van der Waals surface area contributed by atoms with E-state index in [1.54, 1.807) is 6.08 Å². The zero-order valence-electron chi connectivity index (χ0n) is 22.1. The minimum absolute atomic E-state index is 0.000409. The minimum atomic E-state index is -1.91. The van der Waals surface area contributed by atoms with Gasteiger partial charge in [0.15, 0.2) is 14.1 Å². The highest BCUT2D eigenvalue weighted by molar-refractivity contribution is 6.74. The average molecular weight is 481 g/mol. The van der Waals surface area contributed by atoms with Gasteiger partial charge in [-0.15, -0.1) is 0 Å². The van der Waals surface area contributed by atoms with Crippen LogP contribution in [0.3, 0.4) is 0 Å². The highest BCUT2D eigenvalue weighted by Crippen LogP contribution is 2.38. The van der Waals surface area contributed by atoms with Crippen LogP contribution in [0.5, 0.6) is 0 Å². The standard InChI is InChI=1S/C27H48O5Si/c1-8-9-11-14-22(32-33(6,7)27(2,3)4)19-17-21-18-20-24(29)26(21)23(28)15-12-10-13-16-25(30)31-5/h17-23,26,28H,8-16H2,1-7H3/t21-,22-,23-,26-/m0/s1. The van der Waals surface area contributed by atoms with Crippen LogP contribution in [0.25, 0.3) is 0 Å². The molecular formula is C27H48O5Si. The number of ether oxygens (including phenoxy) is 1. The van der Waals surface area contributed by atoms with Crippen LogP contribution in [0.1, 0.15) is 85.5 Å². The largest absolute Gasteiger partial charge is 0.469 e. The first-order valence-electron chi connectivity index (χ1n) is 12.8. The van der Waals surface area contributed by atoms with Gasteiger partial charge in [0, 0.05) is 12.3 Å². The molecule has 0 aliphatic heterocycles. The molecule has 0 heterocycles. The second-order valence-electron chi connectivity index (χ2n) is 10.9. The van der Waals surface area contributed by atoms with Gasteiger partial charge in [-0.1, -0.05) is 78.0 Å². The molecule has 0 unspecified atom stereocenters. The second kappa shape index (κ2) is 14.2. The first-order valence-corrected chi connectivity index (χ1v) is 15.7. The van der Waals surface area contributed by atoms with Crippen LogP contribution in [0.2, 0.25) is 18.1 Å². The number of esters is 1. The number of rotatable bonds is 15. The zero-order chi connectivity index (χ0) is 25.1. The van der Waals surface area contributed by atoms with Crippen LogP contribution in [-0.2, 0) is 18.8 Å². The van der Waals surface area contributed by atoms with E-state index in [9.17, 15) is 14.7 Å². The van der Waals surface area contributed by atoms with E-state index in [0.717, 1.165) is 32.1 Å². The molecule has 0 aromatic rings. The van der Waals surface area contributed by atoms with Crippen LogP contribution in [-0.4, -0.2) is 44.5 Å². The molecule has 6 heteroatoms. The molecule has 0 aromatic heterocycles. The van der Waals surface area contributed by atoms with Crippen molar-refractivity contribution in [2.75, 3.05) is 7.11 Å². The summed E-state index contributed by atoms with van der Waals surface area (Å²) in [5.41, 5.74) is 0. The van der Waals surface area contributed by atoms with E-state index in [1.807, 2.05) is 6.08 Å². The van der Waals surface area contributed by atoms with Gasteiger partial charge >= 0.3 is 5.97 Å². The predicted octanol–water partition coefficient (Wildman–Crippen LogP) is 6.37. The fraction of sp³-hybridized carbons (Fsp3) is 0.778. The SMILES string of the molecule is CCCCC[C@@H](C=C[C@H]1C=CC(=O)[C@@H]1[C@@H](O)CCCCCC(=O)OC)O[Si](C)(C)C(C)(C)C. The molecule has 0 spiro atoms.